The van der Waals surface area contributed by atoms with E-state index in [0.29, 0.717) is 13.0 Å². The number of benzene rings is 1. The fourth-order valence-corrected chi connectivity index (χ4v) is 2.36. The molecule has 0 aliphatic rings. The van der Waals surface area contributed by atoms with Crippen molar-refractivity contribution < 1.29 is 14.3 Å². The molecule has 0 bridgehead atoms. The van der Waals surface area contributed by atoms with Crippen molar-refractivity contribution >= 4 is 22.8 Å². The number of carbonyl (C=O) groups is 2. The number of aromatic amines is 1. The summed E-state index contributed by atoms with van der Waals surface area (Å²) in [7, 11) is 3.06. The normalized spacial score (nSPS) is 12.1. The molecule has 2 rings (SSSR count). The van der Waals surface area contributed by atoms with Crippen molar-refractivity contribution in [3.8, 4) is 0 Å². The van der Waals surface area contributed by atoms with Crippen LogP contribution in [0.15, 0.2) is 30.5 Å². The fraction of sp³-hybridized carbons (Fsp3) is 0.375. The summed E-state index contributed by atoms with van der Waals surface area (Å²) in [6, 6.07) is 7.87. The van der Waals surface area contributed by atoms with Gasteiger partial charge in [-0.25, -0.2) is 0 Å². The average Bonchev–Trinajstić information content (AvgIpc) is 2.89. The van der Waals surface area contributed by atoms with Crippen LogP contribution in [-0.4, -0.2) is 42.5 Å². The Labute approximate surface area is 123 Å². The number of fused-ring (bicyclic) bond motifs is 1. The highest BCUT2D eigenvalue weighted by Crippen LogP contribution is 2.18. The van der Waals surface area contributed by atoms with Gasteiger partial charge in [0.05, 0.1) is 19.4 Å². The number of aromatic nitrogens is 1. The van der Waals surface area contributed by atoms with Crippen molar-refractivity contribution in [2.45, 2.75) is 13.3 Å². The van der Waals surface area contributed by atoms with Gasteiger partial charge in [0.1, 0.15) is 0 Å². The van der Waals surface area contributed by atoms with E-state index in [-0.39, 0.29) is 17.8 Å². The van der Waals surface area contributed by atoms with Crippen LogP contribution < -0.4 is 0 Å². The van der Waals surface area contributed by atoms with Gasteiger partial charge >= 0.3 is 5.97 Å². The van der Waals surface area contributed by atoms with Crippen LogP contribution in [0.2, 0.25) is 0 Å². The Hall–Kier alpha value is -2.30. The molecule has 0 aliphatic carbocycles. The van der Waals surface area contributed by atoms with E-state index in [1.165, 1.54) is 7.11 Å². The maximum absolute atomic E-state index is 12.3. The zero-order valence-corrected chi connectivity index (χ0v) is 12.6. The third kappa shape index (κ3) is 3.42. The first-order valence-corrected chi connectivity index (χ1v) is 6.89. The van der Waals surface area contributed by atoms with Gasteiger partial charge in [-0.2, -0.15) is 0 Å². The number of nitrogens with one attached hydrogen (secondary N) is 1. The van der Waals surface area contributed by atoms with Crippen LogP contribution in [-0.2, 0) is 20.7 Å². The van der Waals surface area contributed by atoms with E-state index >= 15 is 0 Å². The second kappa shape index (κ2) is 6.43. The molecule has 5 nitrogen and oxygen atoms in total. The molecule has 0 aliphatic heterocycles. The molecule has 112 valence electrons. The zero-order chi connectivity index (χ0) is 15.4. The van der Waals surface area contributed by atoms with Crippen LogP contribution in [0.5, 0.6) is 0 Å². The summed E-state index contributed by atoms with van der Waals surface area (Å²) in [5, 5.41) is 1.06. The van der Waals surface area contributed by atoms with Crippen molar-refractivity contribution in [1.82, 2.24) is 9.88 Å². The zero-order valence-electron chi connectivity index (χ0n) is 12.6. The fourth-order valence-electron chi connectivity index (χ4n) is 2.36. The van der Waals surface area contributed by atoms with E-state index < -0.39 is 0 Å². The van der Waals surface area contributed by atoms with E-state index in [4.69, 9.17) is 0 Å². The summed E-state index contributed by atoms with van der Waals surface area (Å²) >= 11 is 0. The monoisotopic (exact) mass is 288 g/mol. The summed E-state index contributed by atoms with van der Waals surface area (Å²) in [4.78, 5) is 28.4. The van der Waals surface area contributed by atoms with Gasteiger partial charge in [-0.1, -0.05) is 25.1 Å². The predicted octanol–water partition coefficient (Wildman–Crippen LogP) is 1.98. The number of ether oxygens (including phenoxy) is 1. The molecule has 5 heteroatoms. The molecule has 0 saturated carbocycles. The minimum absolute atomic E-state index is 0.0180. The van der Waals surface area contributed by atoms with Crippen LogP contribution in [0.1, 0.15) is 12.5 Å². The molecule has 1 atom stereocenters. The number of esters is 1. The number of methoxy groups -OCH3 is 1. The molecule has 1 aromatic carbocycles. The van der Waals surface area contributed by atoms with Crippen LogP contribution in [0.25, 0.3) is 10.9 Å². The predicted molar refractivity (Wildman–Crippen MR) is 80.8 cm³/mol. The lowest BCUT2D eigenvalue weighted by Crippen LogP contribution is -2.35. The van der Waals surface area contributed by atoms with Crippen molar-refractivity contribution in [1.29, 1.82) is 0 Å². The van der Waals surface area contributed by atoms with E-state index in [1.54, 1.807) is 18.9 Å². The first-order valence-electron chi connectivity index (χ1n) is 6.89. The lowest BCUT2D eigenvalue weighted by Gasteiger charge is -2.20. The van der Waals surface area contributed by atoms with Gasteiger partial charge in [-0.05, 0) is 11.6 Å². The van der Waals surface area contributed by atoms with E-state index in [2.05, 4.69) is 9.72 Å². The standard InChI is InChI=1S/C16H20N2O3/c1-11(16(20)21-3)10-18(2)15(19)8-12-9-17-14-7-5-4-6-13(12)14/h4-7,9,11,17H,8,10H2,1-3H3. The topological polar surface area (TPSA) is 62.4 Å². The van der Waals surface area contributed by atoms with Gasteiger partial charge in [-0.3, -0.25) is 9.59 Å². The maximum atomic E-state index is 12.3. The Morgan fingerprint density at radius 2 is 2.05 bits per heavy atom. The lowest BCUT2D eigenvalue weighted by atomic mass is 10.1. The number of para-hydroxylation sites is 1. The first kappa shape index (κ1) is 15.1. The molecular weight excluding hydrogens is 268 g/mol. The number of rotatable bonds is 5. The molecule has 1 aromatic heterocycles. The number of hydrogen-bond donors (Lipinski definition) is 1. The maximum Gasteiger partial charge on any atom is 0.310 e. The van der Waals surface area contributed by atoms with Gasteiger partial charge in [-0.15, -0.1) is 0 Å². The number of nitrogens with zero attached hydrogens (tertiary/aromatic N) is 1. The Kier molecular flexibility index (Phi) is 4.62. The van der Waals surface area contributed by atoms with Crippen LogP contribution >= 0.6 is 0 Å². The highest BCUT2D eigenvalue weighted by molar-refractivity contribution is 5.89. The molecule has 21 heavy (non-hydrogen) atoms. The lowest BCUT2D eigenvalue weighted by molar-refractivity contribution is -0.146. The highest BCUT2D eigenvalue weighted by Gasteiger charge is 2.19. The SMILES string of the molecule is COC(=O)C(C)CN(C)C(=O)Cc1c[nH]c2ccccc12. The Bertz CT molecular complexity index is 648. The van der Waals surface area contributed by atoms with Crippen molar-refractivity contribution in [3.05, 3.63) is 36.0 Å². The average molecular weight is 288 g/mol. The van der Waals surface area contributed by atoms with Crippen molar-refractivity contribution in [2.24, 2.45) is 5.92 Å². The van der Waals surface area contributed by atoms with E-state index in [0.717, 1.165) is 16.5 Å². The quantitative estimate of drug-likeness (QED) is 0.856. The first-order chi connectivity index (χ1) is 10.0. The smallest absolute Gasteiger partial charge is 0.310 e. The second-order valence-corrected chi connectivity index (χ2v) is 5.23. The molecule has 0 radical (unpaired) electrons. The second-order valence-electron chi connectivity index (χ2n) is 5.23. The minimum Gasteiger partial charge on any atom is -0.469 e. The van der Waals surface area contributed by atoms with Crippen LogP contribution in [0.4, 0.5) is 0 Å². The summed E-state index contributed by atoms with van der Waals surface area (Å²) in [5.41, 5.74) is 1.99. The molecule has 0 fully saturated rings. The van der Waals surface area contributed by atoms with E-state index in [9.17, 15) is 9.59 Å². The summed E-state index contributed by atoms with van der Waals surface area (Å²) in [6.45, 7) is 2.11. The number of hydrogen-bond acceptors (Lipinski definition) is 3. The third-order valence-electron chi connectivity index (χ3n) is 3.59. The molecule has 1 heterocycles. The minimum atomic E-state index is -0.327. The van der Waals surface area contributed by atoms with Gasteiger partial charge in [0.25, 0.3) is 0 Å². The van der Waals surface area contributed by atoms with Gasteiger partial charge < -0.3 is 14.6 Å². The number of likely N-dealkylation sites (N-methyl/N-ethyl adjacent to an activating group) is 1. The van der Waals surface area contributed by atoms with Gasteiger partial charge in [0, 0.05) is 30.7 Å². The Balaban J connectivity index is 2.02. The van der Waals surface area contributed by atoms with Crippen LogP contribution in [0, 0.1) is 5.92 Å². The third-order valence-corrected chi connectivity index (χ3v) is 3.59. The van der Waals surface area contributed by atoms with Crippen molar-refractivity contribution in [2.75, 3.05) is 20.7 Å². The Morgan fingerprint density at radius 1 is 1.33 bits per heavy atom. The largest absolute Gasteiger partial charge is 0.469 e. The highest BCUT2D eigenvalue weighted by atomic mass is 16.5. The van der Waals surface area contributed by atoms with Gasteiger partial charge in [0.15, 0.2) is 0 Å². The molecular formula is C16H20N2O3. The number of carbonyl (C=O) groups excluding carboxylic acids is 2. The van der Waals surface area contributed by atoms with E-state index in [1.807, 2.05) is 30.5 Å². The molecule has 1 unspecified atom stereocenters. The van der Waals surface area contributed by atoms with Gasteiger partial charge in [0.2, 0.25) is 5.91 Å². The number of H-pyrrole nitrogens is 1. The molecule has 0 saturated heterocycles. The van der Waals surface area contributed by atoms with Crippen molar-refractivity contribution in [3.63, 3.8) is 0 Å². The molecule has 2 aromatic rings. The Morgan fingerprint density at radius 3 is 2.76 bits per heavy atom. The summed E-state index contributed by atoms with van der Waals surface area (Å²) in [6.07, 6.45) is 2.18. The molecule has 0 spiro atoms. The molecule has 1 N–H and O–H groups in total. The van der Waals surface area contributed by atoms with Crippen LogP contribution in [0.3, 0.4) is 0 Å². The summed E-state index contributed by atoms with van der Waals surface area (Å²) < 4.78 is 4.67. The summed E-state index contributed by atoms with van der Waals surface area (Å²) in [5.74, 6) is -0.649. The molecule has 1 amide bonds. The number of amides is 1.